The number of rotatable bonds is 2. The van der Waals surface area contributed by atoms with Crippen LogP contribution in [0.3, 0.4) is 0 Å². The maximum atomic E-state index is 13.8. The number of aromatic nitrogens is 4. The van der Waals surface area contributed by atoms with Crippen molar-refractivity contribution in [2.75, 3.05) is 0 Å². The Labute approximate surface area is 127 Å². The lowest BCUT2D eigenvalue weighted by Gasteiger charge is -2.02. The molecular formula is C13H7BrClFN4. The monoisotopic (exact) mass is 352 g/mol. The van der Waals surface area contributed by atoms with Crippen LogP contribution in [0.1, 0.15) is 0 Å². The summed E-state index contributed by atoms with van der Waals surface area (Å²) in [4.78, 5) is 15.2. The summed E-state index contributed by atoms with van der Waals surface area (Å²) in [5, 5.41) is 0.304. The number of imidazole rings is 1. The predicted molar refractivity (Wildman–Crippen MR) is 77.7 cm³/mol. The van der Waals surface area contributed by atoms with E-state index < -0.39 is 5.82 Å². The molecule has 0 amide bonds. The zero-order valence-corrected chi connectivity index (χ0v) is 12.3. The lowest BCUT2D eigenvalue weighted by molar-refractivity contribution is 0.630. The third-order valence-corrected chi connectivity index (χ3v) is 3.43. The lowest BCUT2D eigenvalue weighted by Crippen LogP contribution is -1.88. The second-order valence-electron chi connectivity index (χ2n) is 3.98. The molecule has 100 valence electrons. The van der Waals surface area contributed by atoms with Crippen LogP contribution in [0.25, 0.3) is 22.6 Å². The summed E-state index contributed by atoms with van der Waals surface area (Å²) in [6.07, 6.45) is 4.86. The molecule has 0 unspecified atom stereocenters. The Morgan fingerprint density at radius 3 is 2.55 bits per heavy atom. The molecule has 0 atom stereocenters. The van der Waals surface area contributed by atoms with Gasteiger partial charge in [0.2, 0.25) is 0 Å². The van der Waals surface area contributed by atoms with Crippen molar-refractivity contribution in [3.8, 4) is 22.6 Å². The fraction of sp³-hybridized carbons (Fsp3) is 0. The molecule has 7 heteroatoms. The highest BCUT2D eigenvalue weighted by atomic mass is 79.9. The van der Waals surface area contributed by atoms with Crippen molar-refractivity contribution >= 4 is 27.5 Å². The minimum absolute atomic E-state index is 0.249. The molecule has 3 rings (SSSR count). The number of benzene rings is 1. The Kier molecular flexibility index (Phi) is 3.50. The molecule has 3 aromatic rings. The van der Waals surface area contributed by atoms with Crippen LogP contribution in [0.5, 0.6) is 0 Å². The van der Waals surface area contributed by atoms with Gasteiger partial charge in [0.25, 0.3) is 0 Å². The molecule has 0 aliphatic rings. The zero-order valence-electron chi connectivity index (χ0n) is 9.94. The minimum atomic E-state index is -0.426. The topological polar surface area (TPSA) is 54.5 Å². The number of nitrogens with one attached hydrogen (secondary N) is 1. The summed E-state index contributed by atoms with van der Waals surface area (Å²) in [5.74, 6) is -0.0588. The molecule has 0 saturated heterocycles. The van der Waals surface area contributed by atoms with E-state index in [4.69, 9.17) is 11.6 Å². The predicted octanol–water partition coefficient (Wildman–Crippen LogP) is 4.09. The standard InChI is InChI=1S/C13H7BrClFN4/c14-13-18-4-7(5-19-13)10-6-17-12(20-10)11-8(15)2-1-3-9(11)16/h1-6H,(H,17,20). The maximum absolute atomic E-state index is 13.8. The summed E-state index contributed by atoms with van der Waals surface area (Å²) in [5.41, 5.74) is 1.68. The molecule has 20 heavy (non-hydrogen) atoms. The molecule has 0 spiro atoms. The molecule has 1 aromatic carbocycles. The molecule has 2 heterocycles. The van der Waals surface area contributed by atoms with Gasteiger partial charge in [0.15, 0.2) is 4.73 Å². The average molecular weight is 354 g/mol. The number of hydrogen-bond donors (Lipinski definition) is 1. The first-order valence-corrected chi connectivity index (χ1v) is 6.79. The highest BCUT2D eigenvalue weighted by Gasteiger charge is 2.13. The molecule has 1 N–H and O–H groups in total. The molecule has 0 saturated carbocycles. The first kappa shape index (κ1) is 13.2. The SMILES string of the molecule is Fc1cccc(Cl)c1-c1ncc(-c2cnc(Br)nc2)[nH]1. The molecular weight excluding hydrogens is 347 g/mol. The number of hydrogen-bond acceptors (Lipinski definition) is 3. The largest absolute Gasteiger partial charge is 0.338 e. The van der Waals surface area contributed by atoms with Crippen molar-refractivity contribution in [2.24, 2.45) is 0 Å². The maximum Gasteiger partial charge on any atom is 0.196 e. The Hall–Kier alpha value is -1.79. The van der Waals surface area contributed by atoms with Gasteiger partial charge in [-0.25, -0.2) is 19.3 Å². The van der Waals surface area contributed by atoms with Crippen LogP contribution in [0.2, 0.25) is 5.02 Å². The third kappa shape index (κ3) is 2.44. The van der Waals surface area contributed by atoms with Gasteiger partial charge in [-0.1, -0.05) is 17.7 Å². The highest BCUT2D eigenvalue weighted by molar-refractivity contribution is 9.10. The Morgan fingerprint density at radius 2 is 1.85 bits per heavy atom. The summed E-state index contributed by atoms with van der Waals surface area (Å²) in [6.45, 7) is 0. The van der Waals surface area contributed by atoms with Crippen LogP contribution in [0, 0.1) is 5.82 Å². The second kappa shape index (κ2) is 5.30. The van der Waals surface area contributed by atoms with E-state index in [1.807, 2.05) is 0 Å². The highest BCUT2D eigenvalue weighted by Crippen LogP contribution is 2.29. The molecule has 0 aliphatic carbocycles. The van der Waals surface area contributed by atoms with Gasteiger partial charge in [-0.15, -0.1) is 0 Å². The van der Waals surface area contributed by atoms with Crippen molar-refractivity contribution in [1.29, 1.82) is 0 Å². The fourth-order valence-corrected chi connectivity index (χ4v) is 2.23. The van der Waals surface area contributed by atoms with Gasteiger partial charge in [-0.2, -0.15) is 0 Å². The van der Waals surface area contributed by atoms with Gasteiger partial charge in [-0.05, 0) is 28.1 Å². The van der Waals surface area contributed by atoms with E-state index >= 15 is 0 Å². The van der Waals surface area contributed by atoms with E-state index in [2.05, 4.69) is 35.9 Å². The quantitative estimate of drug-likeness (QED) is 0.706. The molecule has 0 aliphatic heterocycles. The Morgan fingerprint density at radius 1 is 1.10 bits per heavy atom. The first-order chi connectivity index (χ1) is 9.65. The summed E-state index contributed by atoms with van der Waals surface area (Å²) in [6, 6.07) is 4.50. The van der Waals surface area contributed by atoms with Gasteiger partial charge in [0.1, 0.15) is 11.6 Å². The van der Waals surface area contributed by atoms with Crippen molar-refractivity contribution in [3.05, 3.63) is 52.4 Å². The van der Waals surface area contributed by atoms with Crippen LogP contribution >= 0.6 is 27.5 Å². The number of H-pyrrole nitrogens is 1. The summed E-state index contributed by atoms with van der Waals surface area (Å²) < 4.78 is 14.3. The van der Waals surface area contributed by atoms with E-state index in [0.717, 1.165) is 5.56 Å². The Bertz CT molecular complexity index is 737. The third-order valence-electron chi connectivity index (χ3n) is 2.71. The van der Waals surface area contributed by atoms with Crippen LogP contribution in [0.15, 0.2) is 41.5 Å². The lowest BCUT2D eigenvalue weighted by atomic mass is 10.2. The van der Waals surface area contributed by atoms with Gasteiger partial charge >= 0.3 is 0 Å². The van der Waals surface area contributed by atoms with Crippen LogP contribution in [-0.4, -0.2) is 19.9 Å². The van der Waals surface area contributed by atoms with Crippen LogP contribution in [0.4, 0.5) is 4.39 Å². The molecule has 4 nitrogen and oxygen atoms in total. The number of nitrogens with zero attached hydrogens (tertiary/aromatic N) is 3. The summed E-state index contributed by atoms with van der Waals surface area (Å²) >= 11 is 9.17. The summed E-state index contributed by atoms with van der Waals surface area (Å²) in [7, 11) is 0. The number of aromatic amines is 1. The van der Waals surface area contributed by atoms with Crippen molar-refractivity contribution in [1.82, 2.24) is 19.9 Å². The van der Waals surface area contributed by atoms with Crippen LogP contribution in [-0.2, 0) is 0 Å². The first-order valence-electron chi connectivity index (χ1n) is 5.62. The molecule has 0 radical (unpaired) electrons. The van der Waals surface area contributed by atoms with Gasteiger partial charge in [0, 0.05) is 18.0 Å². The van der Waals surface area contributed by atoms with Gasteiger partial charge in [0.05, 0.1) is 22.5 Å². The van der Waals surface area contributed by atoms with E-state index in [1.54, 1.807) is 30.7 Å². The van der Waals surface area contributed by atoms with Gasteiger partial charge < -0.3 is 4.98 Å². The zero-order chi connectivity index (χ0) is 14.1. The fourth-order valence-electron chi connectivity index (χ4n) is 1.77. The molecule has 2 aromatic heterocycles. The second-order valence-corrected chi connectivity index (χ2v) is 5.10. The van der Waals surface area contributed by atoms with Crippen molar-refractivity contribution in [3.63, 3.8) is 0 Å². The van der Waals surface area contributed by atoms with Crippen molar-refractivity contribution < 1.29 is 4.39 Å². The molecule has 0 bridgehead atoms. The van der Waals surface area contributed by atoms with Crippen LogP contribution < -0.4 is 0 Å². The van der Waals surface area contributed by atoms with E-state index in [9.17, 15) is 4.39 Å². The van der Waals surface area contributed by atoms with E-state index in [1.165, 1.54) is 6.07 Å². The normalized spacial score (nSPS) is 10.8. The molecule has 0 fully saturated rings. The smallest absolute Gasteiger partial charge is 0.196 e. The van der Waals surface area contributed by atoms with E-state index in [-0.39, 0.29) is 5.56 Å². The average Bonchev–Trinajstić information content (AvgIpc) is 2.89. The van der Waals surface area contributed by atoms with Gasteiger partial charge in [-0.3, -0.25) is 0 Å². The number of halogens is 3. The Balaban J connectivity index is 2.04. The van der Waals surface area contributed by atoms with Crippen molar-refractivity contribution in [2.45, 2.75) is 0 Å². The minimum Gasteiger partial charge on any atom is -0.338 e. The van der Waals surface area contributed by atoms with E-state index in [0.29, 0.717) is 21.3 Å².